The van der Waals surface area contributed by atoms with Crippen LogP contribution in [0.15, 0.2) is 40.6 Å². The zero-order valence-electron chi connectivity index (χ0n) is 18.2. The Hall–Kier alpha value is -2.64. The molecule has 168 valence electrons. The van der Waals surface area contributed by atoms with E-state index in [1.165, 1.54) is 0 Å². The highest BCUT2D eigenvalue weighted by Crippen LogP contribution is 2.43. The highest BCUT2D eigenvalue weighted by Gasteiger charge is 2.35. The van der Waals surface area contributed by atoms with E-state index in [1.807, 2.05) is 24.3 Å². The monoisotopic (exact) mass is 499 g/mol. The molecular formula is C25H26BrNO5. The number of fused-ring (bicyclic) bond motifs is 1. The maximum absolute atomic E-state index is 13.1. The Bertz CT molecular complexity index is 1090. The molecule has 0 spiro atoms. The van der Waals surface area contributed by atoms with E-state index in [9.17, 15) is 14.7 Å². The molecule has 7 heteroatoms. The minimum Gasteiger partial charge on any atom is -0.507 e. The second kappa shape index (κ2) is 9.46. The number of ether oxygens (including phenoxy) is 2. The van der Waals surface area contributed by atoms with E-state index < -0.39 is 0 Å². The summed E-state index contributed by atoms with van der Waals surface area (Å²) in [6.45, 7) is 5.70. The van der Waals surface area contributed by atoms with Crippen molar-refractivity contribution in [2.45, 2.75) is 33.2 Å². The van der Waals surface area contributed by atoms with Gasteiger partial charge in [0.05, 0.1) is 23.7 Å². The van der Waals surface area contributed by atoms with Crippen molar-refractivity contribution in [1.82, 2.24) is 4.90 Å². The smallest absolute Gasteiger partial charge is 0.310 e. The van der Waals surface area contributed by atoms with Crippen LogP contribution in [0.1, 0.15) is 46.8 Å². The standard InChI is InChI=1S/C25H26BrNO5/c1-3-31-25(30)17-8-6-10-27(13-17)14-18-20(28)11-15(2)22-23(29)21(32-24(18)22)12-16-7-4-5-9-19(16)26/h4-5,7,9,11-12,17,28H,3,6,8,10,13-14H2,1-2H3/b21-12-. The molecule has 0 radical (unpaired) electrons. The third-order valence-electron chi connectivity index (χ3n) is 5.92. The Morgan fingerprint density at radius 2 is 2.16 bits per heavy atom. The van der Waals surface area contributed by atoms with Crippen molar-refractivity contribution >= 4 is 33.8 Å². The molecular weight excluding hydrogens is 474 g/mol. The number of carbonyl (C=O) groups is 2. The Balaban J connectivity index is 1.62. The summed E-state index contributed by atoms with van der Waals surface area (Å²) in [5.41, 5.74) is 2.55. The molecule has 2 aliphatic heterocycles. The lowest BCUT2D eigenvalue weighted by molar-refractivity contribution is -0.150. The highest BCUT2D eigenvalue weighted by molar-refractivity contribution is 9.10. The van der Waals surface area contributed by atoms with Crippen LogP contribution in [0.5, 0.6) is 11.5 Å². The molecule has 0 amide bonds. The van der Waals surface area contributed by atoms with Gasteiger partial charge in [-0.05, 0) is 62.6 Å². The fraction of sp³-hybridized carbons (Fsp3) is 0.360. The number of carbonyl (C=O) groups excluding carboxylic acids is 2. The van der Waals surface area contributed by atoms with Gasteiger partial charge in [0, 0.05) is 17.6 Å². The minimum absolute atomic E-state index is 0.0921. The van der Waals surface area contributed by atoms with Gasteiger partial charge >= 0.3 is 5.97 Å². The number of rotatable bonds is 5. The number of ketones is 1. The van der Waals surface area contributed by atoms with Crippen molar-refractivity contribution in [2.75, 3.05) is 19.7 Å². The van der Waals surface area contributed by atoms with Gasteiger partial charge in [0.1, 0.15) is 11.5 Å². The molecule has 2 aliphatic rings. The molecule has 2 aromatic rings. The summed E-state index contributed by atoms with van der Waals surface area (Å²) >= 11 is 3.50. The largest absolute Gasteiger partial charge is 0.507 e. The van der Waals surface area contributed by atoms with Gasteiger partial charge in [0.2, 0.25) is 5.78 Å². The van der Waals surface area contributed by atoms with E-state index >= 15 is 0 Å². The summed E-state index contributed by atoms with van der Waals surface area (Å²) in [5, 5.41) is 10.7. The zero-order chi connectivity index (χ0) is 22.8. The predicted octanol–water partition coefficient (Wildman–Crippen LogP) is 4.85. The second-order valence-electron chi connectivity index (χ2n) is 8.18. The van der Waals surface area contributed by atoms with E-state index in [4.69, 9.17) is 9.47 Å². The van der Waals surface area contributed by atoms with Crippen molar-refractivity contribution in [3.8, 4) is 11.5 Å². The Labute approximate surface area is 196 Å². The van der Waals surface area contributed by atoms with Crippen LogP contribution in [0, 0.1) is 12.8 Å². The maximum atomic E-state index is 13.1. The number of allylic oxidation sites excluding steroid dienone is 1. The molecule has 2 heterocycles. The quantitative estimate of drug-likeness (QED) is 0.467. The number of piperidine rings is 1. The number of halogens is 1. The van der Waals surface area contributed by atoms with Crippen LogP contribution in [0.3, 0.4) is 0 Å². The van der Waals surface area contributed by atoms with Crippen LogP contribution in [0.2, 0.25) is 0 Å². The number of phenols is 1. The summed E-state index contributed by atoms with van der Waals surface area (Å²) in [4.78, 5) is 27.5. The van der Waals surface area contributed by atoms with E-state index in [1.54, 1.807) is 26.0 Å². The first-order valence-corrected chi connectivity index (χ1v) is 11.6. The van der Waals surface area contributed by atoms with E-state index in [0.717, 1.165) is 29.4 Å². The SMILES string of the molecule is CCOC(=O)C1CCCN(Cc2c(O)cc(C)c3c2O/C(=C\c2ccccc2Br)C3=O)C1. The number of nitrogens with zero attached hydrogens (tertiary/aromatic N) is 1. The second-order valence-corrected chi connectivity index (χ2v) is 9.04. The lowest BCUT2D eigenvalue weighted by Gasteiger charge is -2.31. The minimum atomic E-state index is -0.197. The lowest BCUT2D eigenvalue weighted by atomic mass is 9.96. The van der Waals surface area contributed by atoms with E-state index in [-0.39, 0.29) is 29.2 Å². The first-order valence-electron chi connectivity index (χ1n) is 10.8. The van der Waals surface area contributed by atoms with Crippen molar-refractivity contribution < 1.29 is 24.2 Å². The maximum Gasteiger partial charge on any atom is 0.310 e. The Morgan fingerprint density at radius 3 is 2.91 bits per heavy atom. The lowest BCUT2D eigenvalue weighted by Crippen LogP contribution is -2.39. The highest BCUT2D eigenvalue weighted by atomic mass is 79.9. The van der Waals surface area contributed by atoms with Crippen LogP contribution in [-0.2, 0) is 16.1 Å². The number of hydrogen-bond acceptors (Lipinski definition) is 6. The first kappa shape index (κ1) is 22.6. The Morgan fingerprint density at radius 1 is 1.38 bits per heavy atom. The van der Waals surface area contributed by atoms with Crippen molar-refractivity contribution in [3.63, 3.8) is 0 Å². The topological polar surface area (TPSA) is 76.1 Å². The number of aromatic hydroxyl groups is 1. The predicted molar refractivity (Wildman–Crippen MR) is 125 cm³/mol. The van der Waals surface area contributed by atoms with Gasteiger partial charge in [-0.15, -0.1) is 0 Å². The molecule has 0 saturated carbocycles. The van der Waals surface area contributed by atoms with Crippen LogP contribution in [0.25, 0.3) is 6.08 Å². The normalized spacial score (nSPS) is 19.7. The zero-order valence-corrected chi connectivity index (χ0v) is 19.8. The Kier molecular flexibility index (Phi) is 6.67. The summed E-state index contributed by atoms with van der Waals surface area (Å²) in [5.74, 6) is 0.166. The molecule has 6 nitrogen and oxygen atoms in total. The fourth-order valence-corrected chi connectivity index (χ4v) is 4.74. The summed E-state index contributed by atoms with van der Waals surface area (Å²) in [7, 11) is 0. The average molecular weight is 500 g/mol. The summed E-state index contributed by atoms with van der Waals surface area (Å²) < 4.78 is 12.1. The van der Waals surface area contributed by atoms with Gasteiger partial charge in [-0.2, -0.15) is 0 Å². The average Bonchev–Trinajstić information content (AvgIpc) is 3.09. The molecule has 0 aromatic heterocycles. The molecule has 1 unspecified atom stereocenters. The van der Waals surface area contributed by atoms with Crippen molar-refractivity contribution in [2.24, 2.45) is 5.92 Å². The van der Waals surface area contributed by atoms with Gasteiger partial charge in [-0.1, -0.05) is 34.1 Å². The molecule has 1 fully saturated rings. The van der Waals surface area contributed by atoms with E-state index in [2.05, 4.69) is 20.8 Å². The van der Waals surface area contributed by atoms with E-state index in [0.29, 0.717) is 42.1 Å². The number of Topliss-reactive ketones (excluding diaryl/α,β-unsaturated/α-hetero) is 1. The van der Waals surface area contributed by atoms with Crippen molar-refractivity contribution in [1.29, 1.82) is 0 Å². The molecule has 1 saturated heterocycles. The van der Waals surface area contributed by atoms with Crippen LogP contribution in [0.4, 0.5) is 0 Å². The molecule has 2 aromatic carbocycles. The summed E-state index contributed by atoms with van der Waals surface area (Å²) in [6.07, 6.45) is 3.37. The first-order chi connectivity index (χ1) is 15.4. The number of hydrogen-bond donors (Lipinski definition) is 1. The van der Waals surface area contributed by atoms with Crippen molar-refractivity contribution in [3.05, 3.63) is 62.8 Å². The molecule has 1 atom stereocenters. The van der Waals surface area contributed by atoms with Crippen LogP contribution < -0.4 is 4.74 Å². The number of phenolic OH excluding ortho intramolecular Hbond substituents is 1. The summed E-state index contributed by atoms with van der Waals surface area (Å²) in [6, 6.07) is 9.20. The van der Waals surface area contributed by atoms with Crippen LogP contribution >= 0.6 is 15.9 Å². The third kappa shape index (κ3) is 4.45. The van der Waals surface area contributed by atoms with Gasteiger partial charge in [0.15, 0.2) is 5.76 Å². The molecule has 32 heavy (non-hydrogen) atoms. The van der Waals surface area contributed by atoms with Crippen LogP contribution in [-0.4, -0.2) is 41.5 Å². The molecule has 0 bridgehead atoms. The number of likely N-dealkylation sites (tertiary alicyclic amines) is 1. The third-order valence-corrected chi connectivity index (χ3v) is 6.64. The van der Waals surface area contributed by atoms with Gasteiger partial charge in [-0.25, -0.2) is 0 Å². The molecule has 0 aliphatic carbocycles. The van der Waals surface area contributed by atoms with Gasteiger partial charge < -0.3 is 14.6 Å². The number of esters is 1. The molecule has 4 rings (SSSR count). The van der Waals surface area contributed by atoms with Gasteiger partial charge in [-0.3, -0.25) is 14.5 Å². The molecule has 1 N–H and O–H groups in total. The fourth-order valence-electron chi connectivity index (χ4n) is 4.34. The number of aryl methyl sites for hydroxylation is 1. The van der Waals surface area contributed by atoms with Gasteiger partial charge in [0.25, 0.3) is 0 Å². The number of benzene rings is 2.